The molecule has 0 saturated heterocycles. The van der Waals surface area contributed by atoms with Crippen LogP contribution in [0.5, 0.6) is 0 Å². The quantitative estimate of drug-likeness (QED) is 0.446. The predicted molar refractivity (Wildman–Crippen MR) is 128 cm³/mol. The number of aliphatic imine (C=N–C) groups is 1. The fourth-order valence-electron chi connectivity index (χ4n) is 2.52. The maximum atomic E-state index is 5.95. The van der Waals surface area contributed by atoms with Crippen LogP contribution < -0.4 is 10.7 Å². The highest BCUT2D eigenvalue weighted by Gasteiger charge is 2.01. The van der Waals surface area contributed by atoms with Crippen LogP contribution in [0.1, 0.15) is 24.0 Å². The summed E-state index contributed by atoms with van der Waals surface area (Å²) in [5, 5.41) is 9.18. The van der Waals surface area contributed by atoms with Crippen molar-refractivity contribution in [3.05, 3.63) is 81.9 Å². The Labute approximate surface area is 187 Å². The number of hydrazone groups is 1. The Balaban J connectivity index is 0.00000300. The van der Waals surface area contributed by atoms with E-state index in [-0.39, 0.29) is 12.4 Å². The van der Waals surface area contributed by atoms with Gasteiger partial charge in [-0.3, -0.25) is 4.99 Å². The van der Waals surface area contributed by atoms with Crippen LogP contribution in [0.2, 0.25) is 10.0 Å². The van der Waals surface area contributed by atoms with Gasteiger partial charge >= 0.3 is 0 Å². The first-order chi connectivity index (χ1) is 13.7. The third-order valence-corrected chi connectivity index (χ3v) is 4.58. The van der Waals surface area contributed by atoms with Crippen LogP contribution in [0.25, 0.3) is 12.2 Å². The lowest BCUT2D eigenvalue weighted by molar-refractivity contribution is 0.745. The highest BCUT2D eigenvalue weighted by atomic mass is 35.5. The van der Waals surface area contributed by atoms with E-state index in [1.54, 1.807) is 0 Å². The zero-order valence-corrected chi connectivity index (χ0v) is 18.1. The van der Waals surface area contributed by atoms with Crippen LogP contribution in [0.3, 0.4) is 0 Å². The molecule has 0 unspecified atom stereocenters. The Morgan fingerprint density at radius 1 is 0.897 bits per heavy atom. The minimum absolute atomic E-state index is 0. The van der Waals surface area contributed by atoms with Gasteiger partial charge in [-0.2, -0.15) is 5.10 Å². The van der Waals surface area contributed by atoms with Crippen molar-refractivity contribution in [3.63, 3.8) is 0 Å². The molecule has 2 aromatic carbocycles. The van der Waals surface area contributed by atoms with E-state index < -0.39 is 0 Å². The number of halogens is 3. The molecule has 2 aromatic rings. The fourth-order valence-corrected chi connectivity index (χ4v) is 2.78. The molecule has 1 aliphatic rings. The maximum absolute atomic E-state index is 5.95. The van der Waals surface area contributed by atoms with E-state index >= 15 is 0 Å². The van der Waals surface area contributed by atoms with Crippen LogP contribution in [-0.4, -0.2) is 24.8 Å². The molecule has 0 radical (unpaired) electrons. The van der Waals surface area contributed by atoms with E-state index in [1.165, 1.54) is 0 Å². The molecule has 152 valence electrons. The molecule has 0 saturated carbocycles. The zero-order chi connectivity index (χ0) is 19.6. The average molecular weight is 450 g/mol. The molecular formula is C22H23Cl3N4. The summed E-state index contributed by atoms with van der Waals surface area (Å²) in [6.45, 7) is 1.71. The van der Waals surface area contributed by atoms with Gasteiger partial charge in [-0.05, 0) is 60.4 Å². The summed E-state index contributed by atoms with van der Waals surface area (Å²) in [4.78, 5) is 4.46. The van der Waals surface area contributed by atoms with E-state index in [4.69, 9.17) is 23.2 Å². The van der Waals surface area contributed by atoms with Crippen LogP contribution in [0.15, 0.2) is 70.8 Å². The Morgan fingerprint density at radius 3 is 2.00 bits per heavy atom. The Morgan fingerprint density at radius 2 is 1.45 bits per heavy atom. The lowest BCUT2D eigenvalue weighted by atomic mass is 10.1. The van der Waals surface area contributed by atoms with Crippen LogP contribution in [0.4, 0.5) is 0 Å². The van der Waals surface area contributed by atoms with Gasteiger partial charge in [0.15, 0.2) is 0 Å². The normalized spacial score (nSPS) is 13.9. The van der Waals surface area contributed by atoms with Crippen molar-refractivity contribution in [1.29, 1.82) is 0 Å². The summed E-state index contributed by atoms with van der Waals surface area (Å²) >= 11 is 11.9. The molecule has 0 aliphatic carbocycles. The van der Waals surface area contributed by atoms with Gasteiger partial charge in [-0.25, -0.2) is 5.43 Å². The molecule has 0 spiro atoms. The van der Waals surface area contributed by atoms with E-state index in [2.05, 4.69) is 20.8 Å². The standard InChI is InChI=1S/C22H22Cl2N4.ClH/c23-19-9-3-17(4-10-19)7-13-21(14-8-18-5-11-20(24)12-6-18)27-28-22-25-15-1-2-16-26-22;/h3-14H,1-2,15-16H2,(H2,25,26,28);1H. The fraction of sp³-hybridized carbons (Fsp3) is 0.182. The van der Waals surface area contributed by atoms with Gasteiger partial charge in [-0.15, -0.1) is 12.4 Å². The summed E-state index contributed by atoms with van der Waals surface area (Å²) in [6.07, 6.45) is 10.1. The minimum Gasteiger partial charge on any atom is -0.355 e. The van der Waals surface area contributed by atoms with Crippen molar-refractivity contribution in [2.24, 2.45) is 10.1 Å². The topological polar surface area (TPSA) is 48.8 Å². The molecule has 0 bridgehead atoms. The van der Waals surface area contributed by atoms with Gasteiger partial charge in [-0.1, -0.05) is 59.6 Å². The number of benzene rings is 2. The number of allylic oxidation sites excluding steroid dienone is 2. The van der Waals surface area contributed by atoms with Crippen molar-refractivity contribution >= 4 is 59.4 Å². The average Bonchev–Trinajstić information content (AvgIpc) is 2.99. The van der Waals surface area contributed by atoms with Crippen LogP contribution in [0, 0.1) is 0 Å². The van der Waals surface area contributed by atoms with Crippen LogP contribution in [-0.2, 0) is 0 Å². The summed E-state index contributed by atoms with van der Waals surface area (Å²) in [6, 6.07) is 15.3. The van der Waals surface area contributed by atoms with Gasteiger partial charge in [0.25, 0.3) is 0 Å². The van der Waals surface area contributed by atoms with Crippen molar-refractivity contribution in [2.75, 3.05) is 13.1 Å². The molecule has 0 fully saturated rings. The number of rotatable bonds is 5. The van der Waals surface area contributed by atoms with Gasteiger partial charge < -0.3 is 5.32 Å². The second-order valence-corrected chi connectivity index (χ2v) is 7.16. The SMILES string of the molecule is Cl.Clc1ccc(C=CC(C=Cc2ccc(Cl)cc2)=NNC2=NCCCCN2)cc1. The zero-order valence-electron chi connectivity index (χ0n) is 15.8. The monoisotopic (exact) mass is 448 g/mol. The Kier molecular flexibility index (Phi) is 9.78. The van der Waals surface area contributed by atoms with E-state index in [0.717, 1.165) is 42.8 Å². The summed E-state index contributed by atoms with van der Waals surface area (Å²) in [5.41, 5.74) is 5.88. The molecule has 29 heavy (non-hydrogen) atoms. The number of nitrogens with one attached hydrogen (secondary N) is 2. The van der Waals surface area contributed by atoms with Crippen molar-refractivity contribution in [1.82, 2.24) is 10.7 Å². The molecule has 3 rings (SSSR count). The molecule has 0 atom stereocenters. The van der Waals surface area contributed by atoms with Gasteiger partial charge in [0.05, 0.1) is 5.71 Å². The molecule has 4 nitrogen and oxygen atoms in total. The Bertz CT molecular complexity index is 828. The first kappa shape index (κ1) is 23.0. The van der Waals surface area contributed by atoms with Gasteiger partial charge in [0.1, 0.15) is 0 Å². The molecular weight excluding hydrogens is 427 g/mol. The van der Waals surface area contributed by atoms with Crippen LogP contribution >= 0.6 is 35.6 Å². The Hall–Kier alpha value is -2.27. The molecule has 7 heteroatoms. The molecule has 0 amide bonds. The maximum Gasteiger partial charge on any atom is 0.212 e. The van der Waals surface area contributed by atoms with Gasteiger partial charge in [0, 0.05) is 23.1 Å². The first-order valence-corrected chi connectivity index (χ1v) is 9.94. The summed E-state index contributed by atoms with van der Waals surface area (Å²) in [5.74, 6) is 0.704. The summed E-state index contributed by atoms with van der Waals surface area (Å²) < 4.78 is 0. The minimum atomic E-state index is 0. The van der Waals surface area contributed by atoms with Crippen molar-refractivity contribution < 1.29 is 0 Å². The second-order valence-electron chi connectivity index (χ2n) is 6.28. The third-order valence-electron chi connectivity index (χ3n) is 4.07. The number of nitrogens with zero attached hydrogens (tertiary/aromatic N) is 2. The van der Waals surface area contributed by atoms with E-state index in [1.807, 2.05) is 72.8 Å². The van der Waals surface area contributed by atoms with E-state index in [0.29, 0.717) is 16.0 Å². The van der Waals surface area contributed by atoms with Gasteiger partial charge in [0.2, 0.25) is 5.96 Å². The van der Waals surface area contributed by atoms with E-state index in [9.17, 15) is 0 Å². The lowest BCUT2D eigenvalue weighted by Gasteiger charge is -2.06. The molecule has 2 N–H and O–H groups in total. The third kappa shape index (κ3) is 8.32. The smallest absolute Gasteiger partial charge is 0.212 e. The van der Waals surface area contributed by atoms with Crippen molar-refractivity contribution in [2.45, 2.75) is 12.8 Å². The predicted octanol–water partition coefficient (Wildman–Crippen LogP) is 5.83. The largest absolute Gasteiger partial charge is 0.355 e. The first-order valence-electron chi connectivity index (χ1n) is 9.18. The summed E-state index contributed by atoms with van der Waals surface area (Å²) in [7, 11) is 0. The molecule has 0 aromatic heterocycles. The highest BCUT2D eigenvalue weighted by molar-refractivity contribution is 6.30. The number of guanidine groups is 1. The highest BCUT2D eigenvalue weighted by Crippen LogP contribution is 2.12. The molecule has 1 heterocycles. The van der Waals surface area contributed by atoms with Crippen molar-refractivity contribution in [3.8, 4) is 0 Å². The number of hydrogen-bond acceptors (Lipinski definition) is 4. The molecule has 1 aliphatic heterocycles. The lowest BCUT2D eigenvalue weighted by Crippen LogP contribution is -2.34. The number of hydrogen-bond donors (Lipinski definition) is 2. The second kappa shape index (κ2) is 12.3.